The number of aliphatic hydroxyl groups is 2. The Morgan fingerprint density at radius 2 is 1.50 bits per heavy atom. The summed E-state index contributed by atoms with van der Waals surface area (Å²) in [6, 6.07) is 19.3. The van der Waals surface area contributed by atoms with Gasteiger partial charge in [0, 0.05) is 0 Å². The first kappa shape index (κ1) is 15.2. The van der Waals surface area contributed by atoms with Crippen molar-refractivity contribution in [3.8, 4) is 0 Å². The summed E-state index contributed by atoms with van der Waals surface area (Å²) in [7, 11) is 0. The Kier molecular flexibility index (Phi) is 4.85. The standard InChI is InChI=1S/C18H20O4/c19-16-15(12-21-11-13-7-3-1-4-8-13)22-18(17(16)20)14-9-5-2-6-10-14/h1-10,15-20H,11-12H2/t15-,16+,17-,18+/m0/s1. The van der Waals surface area contributed by atoms with Crippen LogP contribution in [0.4, 0.5) is 0 Å². The highest BCUT2D eigenvalue weighted by atomic mass is 16.6. The lowest BCUT2D eigenvalue weighted by atomic mass is 10.0. The first-order valence-corrected chi connectivity index (χ1v) is 7.44. The van der Waals surface area contributed by atoms with Crippen molar-refractivity contribution >= 4 is 0 Å². The molecule has 3 rings (SSSR count). The number of rotatable bonds is 5. The average Bonchev–Trinajstić information content (AvgIpc) is 2.85. The summed E-state index contributed by atoms with van der Waals surface area (Å²) in [5.41, 5.74) is 1.93. The van der Waals surface area contributed by atoms with Crippen LogP contribution in [0.5, 0.6) is 0 Å². The summed E-state index contributed by atoms with van der Waals surface area (Å²) in [6.07, 6.45) is -2.92. The van der Waals surface area contributed by atoms with Gasteiger partial charge in [0.25, 0.3) is 0 Å². The molecule has 4 heteroatoms. The molecule has 2 aromatic carbocycles. The molecule has 1 aliphatic heterocycles. The van der Waals surface area contributed by atoms with Crippen LogP contribution in [-0.2, 0) is 16.1 Å². The Morgan fingerprint density at radius 1 is 0.864 bits per heavy atom. The van der Waals surface area contributed by atoms with Gasteiger partial charge < -0.3 is 19.7 Å². The van der Waals surface area contributed by atoms with E-state index in [1.165, 1.54) is 0 Å². The molecular weight excluding hydrogens is 280 g/mol. The molecule has 0 saturated carbocycles. The van der Waals surface area contributed by atoms with Gasteiger partial charge in [-0.3, -0.25) is 0 Å². The molecule has 0 amide bonds. The predicted molar refractivity (Wildman–Crippen MR) is 82.2 cm³/mol. The monoisotopic (exact) mass is 300 g/mol. The molecule has 4 atom stereocenters. The smallest absolute Gasteiger partial charge is 0.113 e. The van der Waals surface area contributed by atoms with E-state index in [0.717, 1.165) is 11.1 Å². The molecule has 1 heterocycles. The highest BCUT2D eigenvalue weighted by molar-refractivity contribution is 5.20. The lowest BCUT2D eigenvalue weighted by molar-refractivity contribution is -0.0489. The molecule has 0 aliphatic carbocycles. The highest BCUT2D eigenvalue weighted by Crippen LogP contribution is 2.33. The predicted octanol–water partition coefficient (Wildman–Crippen LogP) is 2.07. The summed E-state index contributed by atoms with van der Waals surface area (Å²) in [5, 5.41) is 20.3. The topological polar surface area (TPSA) is 58.9 Å². The summed E-state index contributed by atoms with van der Waals surface area (Å²) in [5.74, 6) is 0. The van der Waals surface area contributed by atoms with E-state index in [-0.39, 0.29) is 6.61 Å². The fourth-order valence-electron chi connectivity index (χ4n) is 2.67. The second kappa shape index (κ2) is 7.03. The van der Waals surface area contributed by atoms with E-state index in [4.69, 9.17) is 9.47 Å². The second-order valence-corrected chi connectivity index (χ2v) is 5.49. The van der Waals surface area contributed by atoms with Gasteiger partial charge in [0.2, 0.25) is 0 Å². The third kappa shape index (κ3) is 3.36. The van der Waals surface area contributed by atoms with Gasteiger partial charge in [-0.05, 0) is 11.1 Å². The van der Waals surface area contributed by atoms with Crippen molar-refractivity contribution in [1.82, 2.24) is 0 Å². The molecule has 1 aliphatic rings. The maximum atomic E-state index is 10.2. The van der Waals surface area contributed by atoms with E-state index in [1.54, 1.807) is 0 Å². The Labute approximate surface area is 129 Å². The van der Waals surface area contributed by atoms with Crippen molar-refractivity contribution in [3.05, 3.63) is 71.8 Å². The molecule has 22 heavy (non-hydrogen) atoms. The third-order valence-corrected chi connectivity index (χ3v) is 3.88. The van der Waals surface area contributed by atoms with Gasteiger partial charge in [-0.25, -0.2) is 0 Å². The number of ether oxygens (including phenoxy) is 2. The molecular formula is C18H20O4. The van der Waals surface area contributed by atoms with Gasteiger partial charge in [0.1, 0.15) is 24.4 Å². The van der Waals surface area contributed by atoms with Crippen LogP contribution in [-0.4, -0.2) is 35.1 Å². The average molecular weight is 300 g/mol. The van der Waals surface area contributed by atoms with Crippen LogP contribution >= 0.6 is 0 Å². The van der Waals surface area contributed by atoms with Crippen molar-refractivity contribution < 1.29 is 19.7 Å². The SMILES string of the molecule is O[C@H]1[C@H](O)[C@@H](c2ccccc2)O[C@H]1COCc1ccccc1. The molecule has 116 valence electrons. The molecule has 0 aromatic heterocycles. The van der Waals surface area contributed by atoms with Crippen molar-refractivity contribution in [2.45, 2.75) is 31.0 Å². The summed E-state index contributed by atoms with van der Waals surface area (Å²) in [4.78, 5) is 0. The summed E-state index contributed by atoms with van der Waals surface area (Å²) >= 11 is 0. The van der Waals surface area contributed by atoms with E-state index >= 15 is 0 Å². The Hall–Kier alpha value is -1.72. The van der Waals surface area contributed by atoms with Crippen LogP contribution in [0.2, 0.25) is 0 Å². The maximum absolute atomic E-state index is 10.2. The van der Waals surface area contributed by atoms with Gasteiger partial charge in [0.05, 0.1) is 13.2 Å². The number of aliphatic hydroxyl groups excluding tert-OH is 2. The lowest BCUT2D eigenvalue weighted by Crippen LogP contribution is -2.33. The molecule has 4 nitrogen and oxygen atoms in total. The Balaban J connectivity index is 1.56. The van der Waals surface area contributed by atoms with Crippen LogP contribution in [0.15, 0.2) is 60.7 Å². The van der Waals surface area contributed by atoms with Crippen molar-refractivity contribution in [3.63, 3.8) is 0 Å². The number of hydrogen-bond donors (Lipinski definition) is 2. The van der Waals surface area contributed by atoms with E-state index < -0.39 is 24.4 Å². The van der Waals surface area contributed by atoms with Crippen LogP contribution in [0.25, 0.3) is 0 Å². The van der Waals surface area contributed by atoms with Crippen molar-refractivity contribution in [2.75, 3.05) is 6.61 Å². The normalized spacial score (nSPS) is 27.9. The Morgan fingerprint density at radius 3 is 2.18 bits per heavy atom. The van der Waals surface area contributed by atoms with Gasteiger partial charge >= 0.3 is 0 Å². The molecule has 0 unspecified atom stereocenters. The second-order valence-electron chi connectivity index (χ2n) is 5.49. The largest absolute Gasteiger partial charge is 0.387 e. The quantitative estimate of drug-likeness (QED) is 0.887. The van der Waals surface area contributed by atoms with Crippen molar-refractivity contribution in [1.29, 1.82) is 0 Å². The third-order valence-electron chi connectivity index (χ3n) is 3.88. The first-order chi connectivity index (χ1) is 10.8. The molecule has 2 aromatic rings. The zero-order valence-corrected chi connectivity index (χ0v) is 12.2. The first-order valence-electron chi connectivity index (χ1n) is 7.44. The zero-order chi connectivity index (χ0) is 15.4. The van der Waals surface area contributed by atoms with Gasteiger partial charge in [0.15, 0.2) is 0 Å². The molecule has 1 fully saturated rings. The molecule has 0 bridgehead atoms. The van der Waals surface area contributed by atoms with Crippen molar-refractivity contribution in [2.24, 2.45) is 0 Å². The highest BCUT2D eigenvalue weighted by Gasteiger charge is 2.43. The lowest BCUT2D eigenvalue weighted by Gasteiger charge is -2.15. The fourth-order valence-corrected chi connectivity index (χ4v) is 2.67. The minimum absolute atomic E-state index is 0.246. The van der Waals surface area contributed by atoms with Crippen LogP contribution in [0, 0.1) is 0 Å². The van der Waals surface area contributed by atoms with E-state index in [2.05, 4.69) is 0 Å². The van der Waals surface area contributed by atoms with Gasteiger partial charge in [-0.2, -0.15) is 0 Å². The summed E-state index contributed by atoms with van der Waals surface area (Å²) in [6.45, 7) is 0.704. The zero-order valence-electron chi connectivity index (χ0n) is 12.2. The van der Waals surface area contributed by atoms with Crippen LogP contribution in [0.1, 0.15) is 17.2 Å². The van der Waals surface area contributed by atoms with E-state index in [9.17, 15) is 10.2 Å². The summed E-state index contributed by atoms with van der Waals surface area (Å²) < 4.78 is 11.4. The minimum Gasteiger partial charge on any atom is -0.387 e. The molecule has 1 saturated heterocycles. The number of hydrogen-bond acceptors (Lipinski definition) is 4. The molecule has 0 radical (unpaired) electrons. The van der Waals surface area contributed by atoms with Gasteiger partial charge in [-0.1, -0.05) is 60.7 Å². The Bertz CT molecular complexity index is 572. The minimum atomic E-state index is -0.944. The fraction of sp³-hybridized carbons (Fsp3) is 0.333. The van der Waals surface area contributed by atoms with E-state index in [0.29, 0.717) is 6.61 Å². The molecule has 2 N–H and O–H groups in total. The van der Waals surface area contributed by atoms with Crippen LogP contribution < -0.4 is 0 Å². The number of benzene rings is 2. The maximum Gasteiger partial charge on any atom is 0.113 e. The van der Waals surface area contributed by atoms with E-state index in [1.807, 2.05) is 60.7 Å². The van der Waals surface area contributed by atoms with Crippen LogP contribution in [0.3, 0.4) is 0 Å². The molecule has 0 spiro atoms. The van der Waals surface area contributed by atoms with Gasteiger partial charge in [-0.15, -0.1) is 0 Å².